The molecule has 8 amide bonds. The summed E-state index contributed by atoms with van der Waals surface area (Å²) in [4.78, 5) is 115. The molecule has 0 aromatic heterocycles. The SMILES string of the molecule is CC[C@H](C)[C@@H]1NC(=O)[C@H]([C@@H](C)O)NC(=O)C(Cc2ccccc2)NC(=O)[C@@H]2CCCN2C(=O)C(C(C)C)NC(=O)C(Cc2ccccc2)NC(=O)CNC(=O)[C@@H]2CCCN2C1=O. The Morgan fingerprint density at radius 1 is 0.581 bits per heavy atom. The largest absolute Gasteiger partial charge is 0.391 e. The molecule has 2 aromatic carbocycles. The molecule has 62 heavy (non-hydrogen) atoms. The molecule has 5 rings (SSSR count). The monoisotopic (exact) mass is 858 g/mol. The molecular formula is C45H62N8O9. The summed E-state index contributed by atoms with van der Waals surface area (Å²) in [5.41, 5.74) is 1.41. The average Bonchev–Trinajstić information content (AvgIpc) is 3.96. The maximum atomic E-state index is 14.4. The number of fused-ring (bicyclic) bond motifs is 2. The fourth-order valence-electron chi connectivity index (χ4n) is 8.23. The molecule has 0 saturated carbocycles. The van der Waals surface area contributed by atoms with E-state index < -0.39 is 114 Å². The number of hydrogen-bond donors (Lipinski definition) is 7. The third-order valence-electron chi connectivity index (χ3n) is 12.0. The second-order valence-electron chi connectivity index (χ2n) is 17.0. The molecule has 9 atom stereocenters. The number of rotatable bonds is 8. The van der Waals surface area contributed by atoms with Crippen molar-refractivity contribution in [3.05, 3.63) is 71.8 Å². The normalized spacial score (nSPS) is 27.4. The summed E-state index contributed by atoms with van der Waals surface area (Å²) >= 11 is 0. The minimum absolute atomic E-state index is 0.00117. The Morgan fingerprint density at radius 2 is 1.05 bits per heavy atom. The van der Waals surface area contributed by atoms with Gasteiger partial charge in [0.15, 0.2) is 0 Å². The van der Waals surface area contributed by atoms with E-state index >= 15 is 0 Å². The number of carbonyl (C=O) groups excluding carboxylic acids is 8. The van der Waals surface area contributed by atoms with E-state index in [4.69, 9.17) is 0 Å². The molecule has 3 saturated heterocycles. The first-order valence-corrected chi connectivity index (χ1v) is 21.7. The third-order valence-corrected chi connectivity index (χ3v) is 12.0. The zero-order valence-corrected chi connectivity index (χ0v) is 36.2. The molecule has 3 fully saturated rings. The van der Waals surface area contributed by atoms with E-state index in [1.165, 1.54) is 16.7 Å². The molecule has 17 nitrogen and oxygen atoms in total. The van der Waals surface area contributed by atoms with Crippen LogP contribution in [-0.4, -0.2) is 130 Å². The van der Waals surface area contributed by atoms with Gasteiger partial charge < -0.3 is 46.8 Å². The summed E-state index contributed by atoms with van der Waals surface area (Å²) in [7, 11) is 0. The molecule has 0 aliphatic carbocycles. The van der Waals surface area contributed by atoms with Crippen LogP contribution < -0.4 is 31.9 Å². The van der Waals surface area contributed by atoms with E-state index in [0.717, 1.165) is 5.56 Å². The topological polar surface area (TPSA) is 235 Å². The average molecular weight is 859 g/mol. The van der Waals surface area contributed by atoms with Gasteiger partial charge in [-0.1, -0.05) is 94.8 Å². The molecule has 0 radical (unpaired) electrons. The van der Waals surface area contributed by atoms with Crippen LogP contribution in [0.5, 0.6) is 0 Å². The van der Waals surface area contributed by atoms with Gasteiger partial charge >= 0.3 is 0 Å². The first-order chi connectivity index (χ1) is 29.6. The van der Waals surface area contributed by atoms with Crippen LogP contribution in [0.2, 0.25) is 0 Å². The summed E-state index contributed by atoms with van der Waals surface area (Å²) in [6, 6.07) is 9.68. The van der Waals surface area contributed by atoms with Crippen LogP contribution in [0.25, 0.3) is 0 Å². The van der Waals surface area contributed by atoms with E-state index in [-0.39, 0.29) is 32.4 Å². The fraction of sp³-hybridized carbons (Fsp3) is 0.556. The summed E-state index contributed by atoms with van der Waals surface area (Å²) in [5, 5.41) is 27.2. The predicted molar refractivity (Wildman–Crippen MR) is 228 cm³/mol. The Morgan fingerprint density at radius 3 is 1.55 bits per heavy atom. The molecule has 3 aliphatic rings. The maximum Gasteiger partial charge on any atom is 0.246 e. The van der Waals surface area contributed by atoms with E-state index in [1.54, 1.807) is 75.4 Å². The standard InChI is InChI=1S/C45H62N8O9/c1-6-27(4)37-45(62)52-21-13-19-33(52)41(58)46-25-35(55)47-31(23-29-15-9-7-10-16-29)39(56)49-36(26(2)3)44(61)53-22-14-20-34(53)42(59)48-32(24-30-17-11-8-12-18-30)40(57)51-38(28(5)54)43(60)50-37/h7-12,15-18,26-28,31-34,36-38,54H,6,13-14,19-25H2,1-5H3,(H,46,58)(H,47,55)(H,48,59)(H,49,56)(H,50,60)(H,51,57)/t27-,28+,31?,32?,33-,34-,36?,37-,38-/m0/s1. The molecule has 3 heterocycles. The molecular weight excluding hydrogens is 797 g/mol. The Bertz CT molecular complexity index is 1930. The molecule has 3 unspecified atom stereocenters. The highest BCUT2D eigenvalue weighted by Crippen LogP contribution is 2.23. The molecule has 0 bridgehead atoms. The van der Waals surface area contributed by atoms with Gasteiger partial charge in [0.1, 0.15) is 42.3 Å². The maximum absolute atomic E-state index is 14.4. The van der Waals surface area contributed by atoms with Crippen LogP contribution in [0, 0.1) is 11.8 Å². The van der Waals surface area contributed by atoms with Crippen LogP contribution >= 0.6 is 0 Å². The summed E-state index contributed by atoms with van der Waals surface area (Å²) in [6.07, 6.45) is 0.592. The Balaban J connectivity index is 1.52. The van der Waals surface area contributed by atoms with Crippen LogP contribution in [0.3, 0.4) is 0 Å². The van der Waals surface area contributed by atoms with Gasteiger partial charge in [-0.2, -0.15) is 0 Å². The van der Waals surface area contributed by atoms with E-state index in [9.17, 15) is 43.5 Å². The number of amides is 8. The molecule has 2 aromatic rings. The van der Waals surface area contributed by atoms with Gasteiger partial charge in [-0.15, -0.1) is 0 Å². The molecule has 0 spiro atoms. The quantitative estimate of drug-likeness (QED) is 0.190. The zero-order valence-electron chi connectivity index (χ0n) is 36.2. The van der Waals surface area contributed by atoms with Crippen LogP contribution in [-0.2, 0) is 51.2 Å². The lowest BCUT2D eigenvalue weighted by Gasteiger charge is -2.33. The zero-order chi connectivity index (χ0) is 45.1. The van der Waals surface area contributed by atoms with Crippen LogP contribution in [0.1, 0.15) is 77.8 Å². The van der Waals surface area contributed by atoms with Gasteiger partial charge in [-0.3, -0.25) is 38.4 Å². The van der Waals surface area contributed by atoms with E-state index in [2.05, 4.69) is 31.9 Å². The Hall–Kier alpha value is -5.84. The van der Waals surface area contributed by atoms with Crippen LogP contribution in [0.15, 0.2) is 60.7 Å². The van der Waals surface area contributed by atoms with Gasteiger partial charge in [0.2, 0.25) is 47.3 Å². The lowest BCUT2D eigenvalue weighted by atomic mass is 9.96. The minimum Gasteiger partial charge on any atom is -0.391 e. The van der Waals surface area contributed by atoms with Gasteiger partial charge in [0, 0.05) is 25.9 Å². The Kier molecular flexibility index (Phi) is 16.6. The van der Waals surface area contributed by atoms with Crippen molar-refractivity contribution in [3.63, 3.8) is 0 Å². The van der Waals surface area contributed by atoms with Crippen molar-refractivity contribution in [2.45, 2.75) is 128 Å². The smallest absolute Gasteiger partial charge is 0.246 e. The fourth-order valence-corrected chi connectivity index (χ4v) is 8.23. The molecule has 17 heteroatoms. The first-order valence-electron chi connectivity index (χ1n) is 21.7. The van der Waals surface area contributed by atoms with Crippen molar-refractivity contribution in [2.24, 2.45) is 11.8 Å². The second-order valence-corrected chi connectivity index (χ2v) is 17.0. The number of aliphatic hydroxyl groups excluding tert-OH is 1. The van der Waals surface area contributed by atoms with Crippen molar-refractivity contribution >= 4 is 47.3 Å². The number of nitrogens with one attached hydrogen (secondary N) is 6. The Labute approximate surface area is 362 Å². The van der Waals surface area contributed by atoms with Crippen LogP contribution in [0.4, 0.5) is 0 Å². The van der Waals surface area contributed by atoms with Crippen molar-refractivity contribution < 1.29 is 43.5 Å². The first kappa shape index (κ1) is 47.2. The van der Waals surface area contributed by atoms with Crippen molar-refractivity contribution in [1.82, 2.24) is 41.7 Å². The van der Waals surface area contributed by atoms with Gasteiger partial charge in [-0.25, -0.2) is 0 Å². The minimum atomic E-state index is -1.55. The van der Waals surface area contributed by atoms with Crippen molar-refractivity contribution in [2.75, 3.05) is 19.6 Å². The molecule has 336 valence electrons. The summed E-state index contributed by atoms with van der Waals surface area (Å²) < 4.78 is 0. The second kappa shape index (κ2) is 21.8. The third kappa shape index (κ3) is 12.0. The lowest BCUT2D eigenvalue weighted by molar-refractivity contribution is -0.144. The van der Waals surface area contributed by atoms with Gasteiger partial charge in [0.05, 0.1) is 12.6 Å². The highest BCUT2D eigenvalue weighted by Gasteiger charge is 2.43. The van der Waals surface area contributed by atoms with E-state index in [1.807, 2.05) is 13.0 Å². The predicted octanol–water partition coefficient (Wildman–Crippen LogP) is 0.0905. The highest BCUT2D eigenvalue weighted by molar-refractivity contribution is 5.99. The number of carbonyl (C=O) groups is 8. The van der Waals surface area contributed by atoms with Crippen molar-refractivity contribution in [3.8, 4) is 0 Å². The van der Waals surface area contributed by atoms with E-state index in [0.29, 0.717) is 31.2 Å². The summed E-state index contributed by atoms with van der Waals surface area (Å²) in [6.45, 7) is 8.31. The lowest BCUT2D eigenvalue weighted by Crippen LogP contribution is -2.63. The van der Waals surface area contributed by atoms with Gasteiger partial charge in [0.25, 0.3) is 0 Å². The van der Waals surface area contributed by atoms with Crippen molar-refractivity contribution in [1.29, 1.82) is 0 Å². The number of hydrogen-bond acceptors (Lipinski definition) is 9. The summed E-state index contributed by atoms with van der Waals surface area (Å²) in [5.74, 6) is -6.09. The highest BCUT2D eigenvalue weighted by atomic mass is 16.3. The number of benzene rings is 2. The molecule has 3 aliphatic heterocycles. The van der Waals surface area contributed by atoms with Gasteiger partial charge in [-0.05, 0) is 55.6 Å². The molecule has 7 N–H and O–H groups in total. The number of aliphatic hydroxyl groups is 1. The number of nitrogens with zero attached hydrogens (tertiary/aromatic N) is 2.